The normalized spacial score (nSPS) is 26.0. The number of amides is 2. The van der Waals surface area contributed by atoms with Crippen LogP contribution < -0.4 is 10.2 Å². The molecule has 1 aromatic carbocycles. The Morgan fingerprint density at radius 2 is 2.00 bits per heavy atom. The zero-order valence-electron chi connectivity index (χ0n) is 11.6. The number of nitrogens with one attached hydrogen (secondary N) is 1. The van der Waals surface area contributed by atoms with Gasteiger partial charge in [-0.1, -0.05) is 30.1 Å². The van der Waals surface area contributed by atoms with E-state index < -0.39 is 12.1 Å². The highest BCUT2D eigenvalue weighted by molar-refractivity contribution is 6.37. The van der Waals surface area contributed by atoms with Crippen LogP contribution in [-0.4, -0.2) is 23.9 Å². The maximum absolute atomic E-state index is 12.8. The fourth-order valence-electron chi connectivity index (χ4n) is 2.81. The fraction of sp³-hybridized carbons (Fsp3) is 0.467. The minimum atomic E-state index is -0.522. The Morgan fingerprint density at radius 3 is 2.57 bits per heavy atom. The maximum atomic E-state index is 12.8. The van der Waals surface area contributed by atoms with E-state index in [-0.39, 0.29) is 17.7 Å². The van der Waals surface area contributed by atoms with Gasteiger partial charge in [0.2, 0.25) is 5.91 Å². The summed E-state index contributed by atoms with van der Waals surface area (Å²) in [6.07, 6.45) is 2.50. The summed E-state index contributed by atoms with van der Waals surface area (Å²) in [5.41, 5.74) is 0.554. The predicted octanol–water partition coefficient (Wildman–Crippen LogP) is 3.01. The number of halogens is 2. The molecule has 2 aliphatic rings. The second-order valence-electron chi connectivity index (χ2n) is 5.55. The molecule has 1 heterocycles. The molecule has 1 saturated heterocycles. The molecule has 6 heteroatoms. The molecular weight excluding hydrogens is 311 g/mol. The number of carbonyl (C=O) groups excluding carboxylic acids is 2. The summed E-state index contributed by atoms with van der Waals surface area (Å²) < 4.78 is 0. The molecule has 112 valence electrons. The van der Waals surface area contributed by atoms with Gasteiger partial charge in [-0.15, -0.1) is 0 Å². The van der Waals surface area contributed by atoms with Crippen LogP contribution in [0, 0.1) is 5.92 Å². The highest BCUT2D eigenvalue weighted by Crippen LogP contribution is 2.38. The lowest BCUT2D eigenvalue weighted by Crippen LogP contribution is -2.64. The largest absolute Gasteiger partial charge is 0.342 e. The van der Waals surface area contributed by atoms with Gasteiger partial charge in [-0.3, -0.25) is 14.5 Å². The fourth-order valence-corrected chi connectivity index (χ4v) is 3.31. The van der Waals surface area contributed by atoms with E-state index in [1.807, 2.05) is 6.92 Å². The first-order valence-electron chi connectivity index (χ1n) is 7.11. The Morgan fingerprint density at radius 1 is 1.29 bits per heavy atom. The highest BCUT2D eigenvalue weighted by atomic mass is 35.5. The van der Waals surface area contributed by atoms with Crippen molar-refractivity contribution in [1.82, 2.24) is 5.32 Å². The van der Waals surface area contributed by atoms with Gasteiger partial charge in [0, 0.05) is 5.02 Å². The molecule has 21 heavy (non-hydrogen) atoms. The number of hydrogen-bond donors (Lipinski definition) is 1. The molecule has 1 N–H and O–H groups in total. The zero-order chi connectivity index (χ0) is 15.1. The third-order valence-corrected chi connectivity index (χ3v) is 4.60. The van der Waals surface area contributed by atoms with Crippen LogP contribution in [0.5, 0.6) is 0 Å². The lowest BCUT2D eigenvalue weighted by atomic mass is 10.0. The van der Waals surface area contributed by atoms with Crippen LogP contribution in [0.25, 0.3) is 0 Å². The summed E-state index contributed by atoms with van der Waals surface area (Å²) in [5.74, 6) is 0.0704. The first-order chi connectivity index (χ1) is 10.0. The van der Waals surface area contributed by atoms with Crippen molar-refractivity contribution in [2.24, 2.45) is 5.92 Å². The van der Waals surface area contributed by atoms with Crippen LogP contribution in [0.3, 0.4) is 0 Å². The van der Waals surface area contributed by atoms with Crippen LogP contribution in [0.15, 0.2) is 18.2 Å². The van der Waals surface area contributed by atoms with Crippen molar-refractivity contribution in [3.63, 3.8) is 0 Å². The molecular formula is C15H16Cl2N2O2. The molecule has 3 rings (SSSR count). The average Bonchev–Trinajstić information content (AvgIpc) is 3.26. The topological polar surface area (TPSA) is 49.4 Å². The molecule has 0 spiro atoms. The predicted molar refractivity (Wildman–Crippen MR) is 82.7 cm³/mol. The van der Waals surface area contributed by atoms with E-state index in [9.17, 15) is 9.59 Å². The Bertz CT molecular complexity index is 601. The number of anilines is 1. The number of rotatable bonds is 3. The van der Waals surface area contributed by atoms with E-state index in [1.165, 1.54) is 0 Å². The van der Waals surface area contributed by atoms with Crippen molar-refractivity contribution in [1.29, 1.82) is 0 Å². The van der Waals surface area contributed by atoms with Gasteiger partial charge in [0.15, 0.2) is 0 Å². The van der Waals surface area contributed by atoms with Crippen LogP contribution in [0.2, 0.25) is 10.0 Å². The standard InChI is InChI=1S/C15H16Cl2N2O2/c1-2-11-14(20)18-13(8-3-4-8)15(21)19(11)12-6-5-9(16)7-10(12)17/h5-8,11,13H,2-4H2,1H3,(H,18,20). The molecule has 2 fully saturated rings. The van der Waals surface area contributed by atoms with E-state index in [2.05, 4.69) is 5.32 Å². The summed E-state index contributed by atoms with van der Waals surface area (Å²) in [6.45, 7) is 1.88. The van der Waals surface area contributed by atoms with Gasteiger partial charge in [0.05, 0.1) is 10.7 Å². The van der Waals surface area contributed by atoms with Crippen LogP contribution in [0.4, 0.5) is 5.69 Å². The van der Waals surface area contributed by atoms with Crippen molar-refractivity contribution in [2.75, 3.05) is 4.90 Å². The molecule has 0 radical (unpaired) electrons. The van der Waals surface area contributed by atoms with Gasteiger partial charge >= 0.3 is 0 Å². The minimum absolute atomic E-state index is 0.0758. The lowest BCUT2D eigenvalue weighted by Gasteiger charge is -2.39. The Hall–Kier alpha value is -1.26. The van der Waals surface area contributed by atoms with E-state index in [4.69, 9.17) is 23.2 Å². The molecule has 0 bridgehead atoms. The smallest absolute Gasteiger partial charge is 0.250 e. The molecule has 2 unspecified atom stereocenters. The van der Waals surface area contributed by atoms with E-state index >= 15 is 0 Å². The van der Waals surface area contributed by atoms with E-state index in [0.29, 0.717) is 22.2 Å². The van der Waals surface area contributed by atoms with Crippen molar-refractivity contribution in [2.45, 2.75) is 38.3 Å². The summed E-state index contributed by atoms with van der Waals surface area (Å²) in [6, 6.07) is 4.03. The van der Waals surface area contributed by atoms with Crippen LogP contribution in [-0.2, 0) is 9.59 Å². The summed E-state index contributed by atoms with van der Waals surface area (Å²) in [7, 11) is 0. The molecule has 4 nitrogen and oxygen atoms in total. The third-order valence-electron chi connectivity index (χ3n) is 4.06. The second-order valence-corrected chi connectivity index (χ2v) is 6.40. The molecule has 2 atom stereocenters. The number of nitrogens with zero attached hydrogens (tertiary/aromatic N) is 1. The minimum Gasteiger partial charge on any atom is -0.342 e. The van der Waals surface area contributed by atoms with Crippen LogP contribution in [0.1, 0.15) is 26.2 Å². The molecule has 0 aromatic heterocycles. The zero-order valence-corrected chi connectivity index (χ0v) is 13.1. The van der Waals surface area contributed by atoms with E-state index in [1.54, 1.807) is 23.1 Å². The number of carbonyl (C=O) groups is 2. The lowest BCUT2D eigenvalue weighted by molar-refractivity contribution is -0.134. The maximum Gasteiger partial charge on any atom is 0.250 e. The van der Waals surface area contributed by atoms with Crippen LogP contribution >= 0.6 is 23.2 Å². The Balaban J connectivity index is 2.01. The number of benzene rings is 1. The summed E-state index contributed by atoms with van der Waals surface area (Å²) >= 11 is 12.1. The van der Waals surface area contributed by atoms with Gasteiger partial charge in [0.1, 0.15) is 12.1 Å². The first kappa shape index (κ1) is 14.7. The first-order valence-corrected chi connectivity index (χ1v) is 7.87. The van der Waals surface area contributed by atoms with Gasteiger partial charge in [-0.2, -0.15) is 0 Å². The SMILES string of the molecule is CCC1C(=O)NC(C2CC2)C(=O)N1c1ccc(Cl)cc1Cl. The average molecular weight is 327 g/mol. The van der Waals surface area contributed by atoms with Gasteiger partial charge in [-0.25, -0.2) is 0 Å². The monoisotopic (exact) mass is 326 g/mol. The third kappa shape index (κ3) is 2.62. The number of hydrogen-bond acceptors (Lipinski definition) is 2. The highest BCUT2D eigenvalue weighted by Gasteiger charge is 2.47. The number of piperazine rings is 1. The van der Waals surface area contributed by atoms with Gasteiger partial charge < -0.3 is 5.32 Å². The molecule has 1 aliphatic heterocycles. The van der Waals surface area contributed by atoms with Gasteiger partial charge in [0.25, 0.3) is 5.91 Å². The quantitative estimate of drug-likeness (QED) is 0.928. The van der Waals surface area contributed by atoms with Crippen molar-refractivity contribution >= 4 is 40.7 Å². The van der Waals surface area contributed by atoms with Crippen molar-refractivity contribution < 1.29 is 9.59 Å². The summed E-state index contributed by atoms with van der Waals surface area (Å²) in [4.78, 5) is 26.6. The molecule has 1 aliphatic carbocycles. The van der Waals surface area contributed by atoms with Crippen molar-refractivity contribution in [3.8, 4) is 0 Å². The Labute approximate surface area is 133 Å². The molecule has 2 amide bonds. The van der Waals surface area contributed by atoms with E-state index in [0.717, 1.165) is 12.8 Å². The summed E-state index contributed by atoms with van der Waals surface area (Å²) in [5, 5.41) is 3.75. The molecule has 1 saturated carbocycles. The molecule has 1 aromatic rings. The van der Waals surface area contributed by atoms with Crippen molar-refractivity contribution in [3.05, 3.63) is 28.2 Å². The van der Waals surface area contributed by atoms with Gasteiger partial charge in [-0.05, 0) is 43.4 Å². The second kappa shape index (κ2) is 5.50. The Kier molecular flexibility index (Phi) is 3.84.